The molecule has 0 aliphatic carbocycles. The fourth-order valence-corrected chi connectivity index (χ4v) is 2.94. The molecule has 0 fully saturated rings. The SMILES string of the molecule is CCCc1ccc(C(CSCCOC)NC)cc1. The number of rotatable bonds is 9. The van der Waals surface area contributed by atoms with Crippen LogP contribution in [0.25, 0.3) is 0 Å². The number of aryl methyl sites for hydroxylation is 1. The minimum atomic E-state index is 0.433. The van der Waals surface area contributed by atoms with Crippen molar-refractivity contribution in [1.82, 2.24) is 5.32 Å². The van der Waals surface area contributed by atoms with Gasteiger partial charge in [0.05, 0.1) is 6.61 Å². The monoisotopic (exact) mass is 267 g/mol. The second kappa shape index (κ2) is 9.42. The highest BCUT2D eigenvalue weighted by molar-refractivity contribution is 7.99. The summed E-state index contributed by atoms with van der Waals surface area (Å²) in [6, 6.07) is 9.44. The van der Waals surface area contributed by atoms with Crippen molar-refractivity contribution in [3.05, 3.63) is 35.4 Å². The molecular weight excluding hydrogens is 242 g/mol. The Kier molecular flexibility index (Phi) is 8.14. The zero-order valence-electron chi connectivity index (χ0n) is 11.7. The number of thioether (sulfide) groups is 1. The van der Waals surface area contributed by atoms with Gasteiger partial charge in [0.15, 0.2) is 0 Å². The Labute approximate surface area is 116 Å². The Balaban J connectivity index is 2.48. The molecule has 0 radical (unpaired) electrons. The molecule has 3 heteroatoms. The Morgan fingerprint density at radius 1 is 1.28 bits per heavy atom. The number of benzene rings is 1. The molecular formula is C15H25NOS. The highest BCUT2D eigenvalue weighted by atomic mass is 32.2. The summed E-state index contributed by atoms with van der Waals surface area (Å²) in [6.45, 7) is 3.05. The molecule has 0 aliphatic rings. The fourth-order valence-electron chi connectivity index (χ4n) is 1.89. The summed E-state index contributed by atoms with van der Waals surface area (Å²) in [5.74, 6) is 2.15. The topological polar surface area (TPSA) is 21.3 Å². The summed E-state index contributed by atoms with van der Waals surface area (Å²) < 4.78 is 5.06. The van der Waals surface area contributed by atoms with Gasteiger partial charge in [0.25, 0.3) is 0 Å². The molecule has 1 N–H and O–H groups in total. The van der Waals surface area contributed by atoms with Crippen LogP contribution in [-0.2, 0) is 11.2 Å². The van der Waals surface area contributed by atoms with Crippen molar-refractivity contribution in [3.8, 4) is 0 Å². The zero-order chi connectivity index (χ0) is 13.2. The number of nitrogens with one attached hydrogen (secondary N) is 1. The smallest absolute Gasteiger partial charge is 0.0552 e. The number of methoxy groups -OCH3 is 1. The molecule has 2 nitrogen and oxygen atoms in total. The van der Waals surface area contributed by atoms with Gasteiger partial charge in [-0.2, -0.15) is 11.8 Å². The fraction of sp³-hybridized carbons (Fsp3) is 0.600. The second-order valence-corrected chi connectivity index (χ2v) is 5.55. The van der Waals surface area contributed by atoms with Gasteiger partial charge < -0.3 is 10.1 Å². The summed E-state index contributed by atoms with van der Waals surface area (Å²) in [6.07, 6.45) is 2.38. The van der Waals surface area contributed by atoms with E-state index in [1.165, 1.54) is 24.0 Å². The van der Waals surface area contributed by atoms with Gasteiger partial charge in [-0.25, -0.2) is 0 Å². The number of hydrogen-bond acceptors (Lipinski definition) is 3. The molecule has 0 aromatic heterocycles. The van der Waals surface area contributed by atoms with Crippen LogP contribution >= 0.6 is 11.8 Å². The molecule has 0 amide bonds. The zero-order valence-corrected chi connectivity index (χ0v) is 12.6. The van der Waals surface area contributed by atoms with E-state index in [0.29, 0.717) is 6.04 Å². The van der Waals surface area contributed by atoms with Gasteiger partial charge in [0.2, 0.25) is 0 Å². The van der Waals surface area contributed by atoms with Crippen LogP contribution in [0.15, 0.2) is 24.3 Å². The molecule has 0 saturated heterocycles. The van der Waals surface area contributed by atoms with Crippen LogP contribution in [0.3, 0.4) is 0 Å². The van der Waals surface area contributed by atoms with Crippen molar-refractivity contribution in [1.29, 1.82) is 0 Å². The lowest BCUT2D eigenvalue weighted by atomic mass is 10.0. The molecule has 1 aromatic carbocycles. The van der Waals surface area contributed by atoms with Crippen molar-refractivity contribution in [2.45, 2.75) is 25.8 Å². The van der Waals surface area contributed by atoms with Crippen molar-refractivity contribution >= 4 is 11.8 Å². The average Bonchev–Trinajstić information content (AvgIpc) is 2.41. The van der Waals surface area contributed by atoms with Crippen LogP contribution in [0.2, 0.25) is 0 Å². The van der Waals surface area contributed by atoms with E-state index in [4.69, 9.17) is 4.74 Å². The van der Waals surface area contributed by atoms with Crippen LogP contribution in [0, 0.1) is 0 Å². The third-order valence-corrected chi connectivity index (χ3v) is 4.01. The van der Waals surface area contributed by atoms with Crippen molar-refractivity contribution in [2.75, 3.05) is 32.3 Å². The highest BCUT2D eigenvalue weighted by Crippen LogP contribution is 2.19. The van der Waals surface area contributed by atoms with Crippen molar-refractivity contribution < 1.29 is 4.74 Å². The van der Waals surface area contributed by atoms with Crippen LogP contribution in [0.4, 0.5) is 0 Å². The van der Waals surface area contributed by atoms with Crippen LogP contribution in [-0.4, -0.2) is 32.3 Å². The minimum Gasteiger partial charge on any atom is -0.384 e. The molecule has 1 aromatic rings. The third kappa shape index (κ3) is 5.42. The van der Waals surface area contributed by atoms with E-state index in [1.807, 2.05) is 18.8 Å². The molecule has 18 heavy (non-hydrogen) atoms. The Morgan fingerprint density at radius 3 is 2.56 bits per heavy atom. The van der Waals surface area contributed by atoms with Gasteiger partial charge in [-0.15, -0.1) is 0 Å². The van der Waals surface area contributed by atoms with E-state index < -0.39 is 0 Å². The van der Waals surface area contributed by atoms with Crippen LogP contribution in [0.5, 0.6) is 0 Å². The molecule has 1 atom stereocenters. The first-order valence-electron chi connectivity index (χ1n) is 6.64. The standard InChI is InChI=1S/C15H25NOS/c1-4-5-13-6-8-14(9-7-13)15(16-2)12-18-11-10-17-3/h6-9,15-16H,4-5,10-12H2,1-3H3. The van der Waals surface area contributed by atoms with E-state index in [2.05, 4.69) is 36.5 Å². The first kappa shape index (κ1) is 15.5. The Morgan fingerprint density at radius 2 is 2.00 bits per heavy atom. The summed E-state index contributed by atoms with van der Waals surface area (Å²) in [4.78, 5) is 0. The Hall–Kier alpha value is -0.510. The molecule has 0 aliphatic heterocycles. The van der Waals surface area contributed by atoms with Gasteiger partial charge in [0, 0.05) is 24.7 Å². The Bertz CT molecular complexity index is 313. The first-order valence-corrected chi connectivity index (χ1v) is 7.80. The maximum Gasteiger partial charge on any atom is 0.0552 e. The van der Waals surface area contributed by atoms with Gasteiger partial charge in [-0.3, -0.25) is 0 Å². The highest BCUT2D eigenvalue weighted by Gasteiger charge is 2.08. The molecule has 0 heterocycles. The summed E-state index contributed by atoms with van der Waals surface area (Å²) in [5.41, 5.74) is 2.81. The minimum absolute atomic E-state index is 0.433. The van der Waals surface area contributed by atoms with Crippen molar-refractivity contribution in [3.63, 3.8) is 0 Å². The molecule has 102 valence electrons. The van der Waals surface area contributed by atoms with E-state index in [9.17, 15) is 0 Å². The van der Waals surface area contributed by atoms with Gasteiger partial charge in [-0.1, -0.05) is 37.6 Å². The quantitative estimate of drug-likeness (QED) is 0.694. The largest absolute Gasteiger partial charge is 0.384 e. The second-order valence-electron chi connectivity index (χ2n) is 4.40. The van der Waals surface area contributed by atoms with E-state index in [0.717, 1.165) is 18.1 Å². The van der Waals surface area contributed by atoms with Gasteiger partial charge in [0.1, 0.15) is 0 Å². The maximum atomic E-state index is 5.06. The molecule has 0 spiro atoms. The normalized spacial score (nSPS) is 12.6. The average molecular weight is 267 g/mol. The van der Waals surface area contributed by atoms with Gasteiger partial charge >= 0.3 is 0 Å². The predicted molar refractivity (Wildman–Crippen MR) is 81.4 cm³/mol. The summed E-state index contributed by atoms with van der Waals surface area (Å²) in [7, 11) is 3.78. The lowest BCUT2D eigenvalue weighted by Gasteiger charge is -2.16. The lowest BCUT2D eigenvalue weighted by Crippen LogP contribution is -2.19. The maximum absolute atomic E-state index is 5.06. The van der Waals surface area contributed by atoms with E-state index in [-0.39, 0.29) is 0 Å². The summed E-state index contributed by atoms with van der Waals surface area (Å²) in [5, 5.41) is 3.39. The predicted octanol–water partition coefficient (Wildman–Crippen LogP) is 3.28. The third-order valence-electron chi connectivity index (χ3n) is 2.99. The summed E-state index contributed by atoms with van der Waals surface area (Å²) >= 11 is 1.93. The van der Waals surface area contributed by atoms with Crippen LogP contribution in [0.1, 0.15) is 30.5 Å². The van der Waals surface area contributed by atoms with E-state index >= 15 is 0 Å². The molecule has 0 saturated carbocycles. The van der Waals surface area contributed by atoms with Crippen molar-refractivity contribution in [2.24, 2.45) is 0 Å². The van der Waals surface area contributed by atoms with Gasteiger partial charge in [-0.05, 0) is 24.6 Å². The molecule has 1 unspecified atom stereocenters. The number of ether oxygens (including phenoxy) is 1. The van der Waals surface area contributed by atoms with Crippen LogP contribution < -0.4 is 5.32 Å². The molecule has 1 rings (SSSR count). The lowest BCUT2D eigenvalue weighted by molar-refractivity contribution is 0.218. The number of hydrogen-bond donors (Lipinski definition) is 1. The molecule has 0 bridgehead atoms. The first-order chi connectivity index (χ1) is 8.81. The van der Waals surface area contributed by atoms with E-state index in [1.54, 1.807) is 7.11 Å².